The molecule has 0 aromatic carbocycles. The molecule has 0 amide bonds. The molecule has 0 aromatic heterocycles. The van der Waals surface area contributed by atoms with Crippen LogP contribution in [0.25, 0.3) is 0 Å². The highest BCUT2D eigenvalue weighted by Crippen LogP contribution is 2.18. The molecule has 2 atom stereocenters. The maximum atomic E-state index is 5.78. The van der Waals surface area contributed by atoms with E-state index < -0.39 is 0 Å². The lowest BCUT2D eigenvalue weighted by Crippen LogP contribution is -2.22. The molecule has 1 aliphatic rings. The van der Waals surface area contributed by atoms with Crippen LogP contribution >= 0.6 is 0 Å². The lowest BCUT2D eigenvalue weighted by Gasteiger charge is -2.22. The molecule has 148 valence electrons. The van der Waals surface area contributed by atoms with Gasteiger partial charge in [0.1, 0.15) is 0 Å². The first kappa shape index (κ1) is 22.7. The Morgan fingerprint density at radius 2 is 1.56 bits per heavy atom. The molecule has 1 saturated heterocycles. The maximum absolute atomic E-state index is 5.78. The molecule has 0 aromatic rings. The minimum atomic E-state index is 0.0951. The SMILES string of the molecule is C=CCCCCC[C@H](C)CCCCCCCCCOC1CCCCO1. The van der Waals surface area contributed by atoms with Crippen LogP contribution in [0.3, 0.4) is 0 Å². The molecule has 1 fully saturated rings. The maximum Gasteiger partial charge on any atom is 0.157 e. The van der Waals surface area contributed by atoms with E-state index in [2.05, 4.69) is 13.5 Å². The monoisotopic (exact) mass is 352 g/mol. The Hall–Kier alpha value is -0.340. The van der Waals surface area contributed by atoms with E-state index in [1.165, 1.54) is 96.3 Å². The highest BCUT2D eigenvalue weighted by atomic mass is 16.7. The van der Waals surface area contributed by atoms with Crippen LogP contribution in [0.4, 0.5) is 0 Å². The zero-order valence-corrected chi connectivity index (χ0v) is 17.0. The van der Waals surface area contributed by atoms with Crippen molar-refractivity contribution in [2.75, 3.05) is 13.2 Å². The van der Waals surface area contributed by atoms with Gasteiger partial charge in [-0.1, -0.05) is 77.2 Å². The van der Waals surface area contributed by atoms with Gasteiger partial charge in [-0.3, -0.25) is 0 Å². The Kier molecular flexibility index (Phi) is 15.5. The van der Waals surface area contributed by atoms with Gasteiger partial charge in [0, 0.05) is 13.2 Å². The van der Waals surface area contributed by atoms with Crippen LogP contribution in [-0.2, 0) is 9.47 Å². The fraction of sp³-hybridized carbons (Fsp3) is 0.913. The van der Waals surface area contributed by atoms with Gasteiger partial charge in [0.2, 0.25) is 0 Å². The smallest absolute Gasteiger partial charge is 0.157 e. The molecule has 0 spiro atoms. The summed E-state index contributed by atoms with van der Waals surface area (Å²) in [4.78, 5) is 0. The average molecular weight is 353 g/mol. The molecule has 0 aliphatic carbocycles. The van der Waals surface area contributed by atoms with Gasteiger partial charge in [0.15, 0.2) is 6.29 Å². The van der Waals surface area contributed by atoms with E-state index in [0.29, 0.717) is 0 Å². The van der Waals surface area contributed by atoms with Gasteiger partial charge in [-0.05, 0) is 44.4 Å². The van der Waals surface area contributed by atoms with Gasteiger partial charge in [0.05, 0.1) is 0 Å². The largest absolute Gasteiger partial charge is 0.353 e. The van der Waals surface area contributed by atoms with Crippen LogP contribution in [0, 0.1) is 5.92 Å². The van der Waals surface area contributed by atoms with E-state index in [4.69, 9.17) is 9.47 Å². The van der Waals surface area contributed by atoms with Gasteiger partial charge in [-0.15, -0.1) is 6.58 Å². The van der Waals surface area contributed by atoms with E-state index in [9.17, 15) is 0 Å². The number of ether oxygens (including phenoxy) is 2. The summed E-state index contributed by atoms with van der Waals surface area (Å²) in [7, 11) is 0. The van der Waals surface area contributed by atoms with E-state index in [1.807, 2.05) is 6.08 Å². The van der Waals surface area contributed by atoms with E-state index in [-0.39, 0.29) is 6.29 Å². The first-order valence-electron chi connectivity index (χ1n) is 11.2. The first-order chi connectivity index (χ1) is 12.3. The van der Waals surface area contributed by atoms with Crippen molar-refractivity contribution >= 4 is 0 Å². The molecular weight excluding hydrogens is 308 g/mol. The first-order valence-corrected chi connectivity index (χ1v) is 11.2. The molecule has 0 N–H and O–H groups in total. The molecule has 2 nitrogen and oxygen atoms in total. The molecule has 1 aliphatic heterocycles. The number of hydrogen-bond donors (Lipinski definition) is 0. The summed E-state index contributed by atoms with van der Waals surface area (Å²) in [6.45, 7) is 7.99. The van der Waals surface area contributed by atoms with Crippen molar-refractivity contribution in [2.24, 2.45) is 5.92 Å². The normalized spacial score (nSPS) is 19.0. The summed E-state index contributed by atoms with van der Waals surface area (Å²) in [5.74, 6) is 0.919. The molecule has 25 heavy (non-hydrogen) atoms. The minimum absolute atomic E-state index is 0.0951. The van der Waals surface area contributed by atoms with Crippen LogP contribution < -0.4 is 0 Å². The Bertz CT molecular complexity index is 284. The van der Waals surface area contributed by atoms with Crippen molar-refractivity contribution in [1.29, 1.82) is 0 Å². The fourth-order valence-electron chi connectivity index (χ4n) is 3.64. The Morgan fingerprint density at radius 1 is 0.920 bits per heavy atom. The Balaban J connectivity index is 1.74. The zero-order chi connectivity index (χ0) is 18.0. The lowest BCUT2D eigenvalue weighted by molar-refractivity contribution is -0.162. The zero-order valence-electron chi connectivity index (χ0n) is 17.0. The van der Waals surface area contributed by atoms with Gasteiger partial charge in [-0.25, -0.2) is 0 Å². The quantitative estimate of drug-likeness (QED) is 0.200. The lowest BCUT2D eigenvalue weighted by atomic mass is 9.96. The predicted octanol–water partition coefficient (Wildman–Crippen LogP) is 7.42. The highest BCUT2D eigenvalue weighted by Gasteiger charge is 2.13. The Labute approximate surface area is 157 Å². The second-order valence-electron chi connectivity index (χ2n) is 7.96. The van der Waals surface area contributed by atoms with Gasteiger partial charge in [0.25, 0.3) is 0 Å². The van der Waals surface area contributed by atoms with Crippen molar-refractivity contribution in [3.05, 3.63) is 12.7 Å². The molecule has 0 radical (unpaired) electrons. The van der Waals surface area contributed by atoms with Crippen molar-refractivity contribution in [3.63, 3.8) is 0 Å². The van der Waals surface area contributed by atoms with Crippen LogP contribution in [-0.4, -0.2) is 19.5 Å². The minimum Gasteiger partial charge on any atom is -0.353 e. The summed E-state index contributed by atoms with van der Waals surface area (Å²) in [6.07, 6.45) is 23.4. The number of rotatable bonds is 17. The second-order valence-corrected chi connectivity index (χ2v) is 7.96. The number of allylic oxidation sites excluding steroid dienone is 1. The van der Waals surface area contributed by atoms with Crippen LogP contribution in [0.2, 0.25) is 0 Å². The van der Waals surface area contributed by atoms with E-state index in [1.54, 1.807) is 0 Å². The predicted molar refractivity (Wildman–Crippen MR) is 109 cm³/mol. The summed E-state index contributed by atoms with van der Waals surface area (Å²) in [6, 6.07) is 0. The van der Waals surface area contributed by atoms with Gasteiger partial charge in [-0.2, -0.15) is 0 Å². The molecule has 1 rings (SSSR count). The van der Waals surface area contributed by atoms with E-state index >= 15 is 0 Å². The van der Waals surface area contributed by atoms with Gasteiger partial charge >= 0.3 is 0 Å². The average Bonchev–Trinajstić information content (AvgIpc) is 2.64. The second kappa shape index (κ2) is 17.1. The molecule has 1 unspecified atom stereocenters. The Morgan fingerprint density at radius 3 is 2.20 bits per heavy atom. The fourth-order valence-corrected chi connectivity index (χ4v) is 3.64. The van der Waals surface area contributed by atoms with Crippen molar-refractivity contribution in [2.45, 2.75) is 116 Å². The van der Waals surface area contributed by atoms with Crippen molar-refractivity contribution in [3.8, 4) is 0 Å². The topological polar surface area (TPSA) is 18.5 Å². The molecule has 0 bridgehead atoms. The summed E-state index contributed by atoms with van der Waals surface area (Å²) in [5.41, 5.74) is 0. The summed E-state index contributed by atoms with van der Waals surface area (Å²) in [5, 5.41) is 0. The third-order valence-electron chi connectivity index (χ3n) is 5.39. The molecule has 1 heterocycles. The van der Waals surface area contributed by atoms with Gasteiger partial charge < -0.3 is 9.47 Å². The highest BCUT2D eigenvalue weighted by molar-refractivity contribution is 4.65. The third kappa shape index (κ3) is 14.5. The number of unbranched alkanes of at least 4 members (excludes halogenated alkanes) is 9. The van der Waals surface area contributed by atoms with Crippen molar-refractivity contribution in [1.82, 2.24) is 0 Å². The van der Waals surface area contributed by atoms with E-state index in [0.717, 1.165) is 25.6 Å². The van der Waals surface area contributed by atoms with Crippen LogP contribution in [0.15, 0.2) is 12.7 Å². The van der Waals surface area contributed by atoms with Crippen LogP contribution in [0.1, 0.15) is 110 Å². The van der Waals surface area contributed by atoms with Crippen molar-refractivity contribution < 1.29 is 9.47 Å². The summed E-state index contributed by atoms with van der Waals surface area (Å²) >= 11 is 0. The summed E-state index contributed by atoms with van der Waals surface area (Å²) < 4.78 is 11.4. The molecule has 2 heteroatoms. The standard InChI is InChI=1S/C23H44O2/c1-3-4-5-9-12-17-22(2)18-13-10-7-6-8-11-15-20-24-23-19-14-16-21-25-23/h3,22-23H,1,4-21H2,2H3/t22-,23?/m0/s1. The molecular formula is C23H44O2. The third-order valence-corrected chi connectivity index (χ3v) is 5.39. The number of hydrogen-bond acceptors (Lipinski definition) is 2. The molecule has 0 saturated carbocycles. The van der Waals surface area contributed by atoms with Crippen LogP contribution in [0.5, 0.6) is 0 Å².